The Morgan fingerprint density at radius 3 is 2.61 bits per heavy atom. The van der Waals surface area contributed by atoms with Gasteiger partial charge in [-0.3, -0.25) is 0 Å². The highest BCUT2D eigenvalue weighted by Crippen LogP contribution is 2.63. The summed E-state index contributed by atoms with van der Waals surface area (Å²) < 4.78 is 6.31. The van der Waals surface area contributed by atoms with Crippen LogP contribution in [0.4, 0.5) is 0 Å². The van der Waals surface area contributed by atoms with Crippen LogP contribution in [0.2, 0.25) is 0 Å². The van der Waals surface area contributed by atoms with E-state index in [4.69, 9.17) is 4.74 Å². The van der Waals surface area contributed by atoms with Crippen molar-refractivity contribution in [3.8, 4) is 0 Å². The van der Waals surface area contributed by atoms with Crippen LogP contribution >= 0.6 is 12.4 Å². The number of nitrogens with zero attached hydrogens (tertiary/aromatic N) is 1. The minimum absolute atomic E-state index is 0. The number of rotatable bonds is 5. The van der Waals surface area contributed by atoms with Gasteiger partial charge in [0.15, 0.2) is 0 Å². The number of aliphatic hydroxyl groups is 1. The van der Waals surface area contributed by atoms with Gasteiger partial charge in [-0.15, -0.1) is 12.4 Å². The number of β-amino-alcohol motifs (C(OH)–C–C–N with tert-alkyl or cyclic N) is 1. The van der Waals surface area contributed by atoms with Gasteiger partial charge in [0.25, 0.3) is 0 Å². The summed E-state index contributed by atoms with van der Waals surface area (Å²) in [5, 5.41) is 10.4. The standard InChI is InChI=1S/C19H35NO2.ClH/c1-14-6-5-9-20(11-14)12-16(21)13-22-17-18(2,3)15-7-8-19(17,4)10-15;/h14-17,21H,5-13H2,1-4H3;1H. The molecule has 1 N–H and O–H groups in total. The number of halogens is 1. The first-order valence-corrected chi connectivity index (χ1v) is 9.33. The van der Waals surface area contributed by atoms with E-state index in [1.807, 2.05) is 0 Å². The number of likely N-dealkylation sites (tertiary alicyclic amines) is 1. The van der Waals surface area contributed by atoms with Gasteiger partial charge in [-0.2, -0.15) is 0 Å². The normalized spacial score (nSPS) is 40.8. The maximum absolute atomic E-state index is 10.4. The number of hydrogen-bond donors (Lipinski definition) is 1. The van der Waals surface area contributed by atoms with Crippen LogP contribution in [0.3, 0.4) is 0 Å². The van der Waals surface area contributed by atoms with Crippen LogP contribution in [-0.2, 0) is 4.74 Å². The first-order chi connectivity index (χ1) is 10.3. The van der Waals surface area contributed by atoms with Crippen molar-refractivity contribution in [2.45, 2.75) is 72.0 Å². The quantitative estimate of drug-likeness (QED) is 0.824. The number of fused-ring (bicyclic) bond motifs is 2. The molecule has 136 valence electrons. The number of piperidine rings is 1. The Morgan fingerprint density at radius 2 is 2.00 bits per heavy atom. The van der Waals surface area contributed by atoms with Crippen molar-refractivity contribution < 1.29 is 9.84 Å². The molecule has 3 nitrogen and oxygen atoms in total. The number of aliphatic hydroxyl groups excluding tert-OH is 1. The summed E-state index contributed by atoms with van der Waals surface area (Å²) in [5.74, 6) is 1.58. The van der Waals surface area contributed by atoms with Crippen molar-refractivity contribution in [1.29, 1.82) is 0 Å². The molecule has 3 rings (SSSR count). The molecule has 3 fully saturated rings. The molecule has 2 saturated carbocycles. The zero-order valence-corrected chi connectivity index (χ0v) is 16.2. The van der Waals surface area contributed by atoms with Gasteiger partial charge in [0, 0.05) is 13.1 Å². The van der Waals surface area contributed by atoms with Gasteiger partial charge < -0.3 is 14.7 Å². The minimum Gasteiger partial charge on any atom is -0.389 e. The summed E-state index contributed by atoms with van der Waals surface area (Å²) >= 11 is 0. The highest BCUT2D eigenvalue weighted by molar-refractivity contribution is 5.85. The van der Waals surface area contributed by atoms with Crippen LogP contribution in [0.25, 0.3) is 0 Å². The van der Waals surface area contributed by atoms with Gasteiger partial charge in [0.1, 0.15) is 0 Å². The highest BCUT2D eigenvalue weighted by Gasteiger charge is 2.60. The minimum atomic E-state index is -0.344. The average Bonchev–Trinajstić information content (AvgIpc) is 2.89. The van der Waals surface area contributed by atoms with E-state index in [0.717, 1.165) is 31.5 Å². The first kappa shape index (κ1) is 19.5. The molecule has 0 aromatic heterocycles. The third-order valence-electron chi connectivity index (χ3n) is 6.80. The van der Waals surface area contributed by atoms with E-state index < -0.39 is 0 Å². The fourth-order valence-electron chi connectivity index (χ4n) is 5.68. The summed E-state index contributed by atoms with van der Waals surface area (Å²) in [5.41, 5.74) is 0.611. The van der Waals surface area contributed by atoms with E-state index >= 15 is 0 Å². The van der Waals surface area contributed by atoms with E-state index in [1.54, 1.807) is 0 Å². The molecule has 4 heteroatoms. The zero-order valence-electron chi connectivity index (χ0n) is 15.4. The van der Waals surface area contributed by atoms with E-state index in [2.05, 4.69) is 32.6 Å². The van der Waals surface area contributed by atoms with Crippen LogP contribution in [0, 0.1) is 22.7 Å². The van der Waals surface area contributed by atoms with Crippen molar-refractivity contribution in [3.05, 3.63) is 0 Å². The maximum Gasteiger partial charge on any atom is 0.0900 e. The predicted octanol–water partition coefficient (Wildman–Crippen LogP) is 3.73. The molecule has 3 aliphatic rings. The second kappa shape index (κ2) is 7.19. The molecule has 1 saturated heterocycles. The van der Waals surface area contributed by atoms with Gasteiger partial charge >= 0.3 is 0 Å². The van der Waals surface area contributed by atoms with Crippen molar-refractivity contribution in [3.63, 3.8) is 0 Å². The third kappa shape index (κ3) is 3.89. The second-order valence-corrected chi connectivity index (χ2v) is 9.29. The molecule has 0 aromatic carbocycles. The predicted molar refractivity (Wildman–Crippen MR) is 97.1 cm³/mol. The topological polar surface area (TPSA) is 32.7 Å². The van der Waals surface area contributed by atoms with E-state index in [9.17, 15) is 5.11 Å². The molecule has 1 aliphatic heterocycles. The van der Waals surface area contributed by atoms with E-state index in [1.165, 1.54) is 32.1 Å². The monoisotopic (exact) mass is 345 g/mol. The molecule has 1 heterocycles. The summed E-state index contributed by atoms with van der Waals surface area (Å²) in [7, 11) is 0. The molecular weight excluding hydrogens is 310 g/mol. The summed E-state index contributed by atoms with van der Waals surface area (Å²) in [6.07, 6.45) is 6.54. The molecule has 0 amide bonds. The molecule has 23 heavy (non-hydrogen) atoms. The summed E-state index contributed by atoms with van der Waals surface area (Å²) in [6, 6.07) is 0. The zero-order chi connectivity index (χ0) is 16.0. The molecule has 0 aromatic rings. The van der Waals surface area contributed by atoms with Crippen molar-refractivity contribution in [2.75, 3.05) is 26.2 Å². The van der Waals surface area contributed by atoms with E-state index in [-0.39, 0.29) is 23.9 Å². The van der Waals surface area contributed by atoms with E-state index in [0.29, 0.717) is 18.1 Å². The maximum atomic E-state index is 10.4. The summed E-state index contributed by atoms with van der Waals surface area (Å²) in [4.78, 5) is 2.41. The lowest BCUT2D eigenvalue weighted by atomic mass is 9.70. The van der Waals surface area contributed by atoms with Crippen LogP contribution < -0.4 is 0 Å². The Hall–Kier alpha value is 0.170. The Kier molecular flexibility index (Phi) is 6.10. The van der Waals surface area contributed by atoms with Crippen LogP contribution in [-0.4, -0.2) is 48.5 Å². The smallest absolute Gasteiger partial charge is 0.0900 e. The average molecular weight is 346 g/mol. The van der Waals surface area contributed by atoms with Crippen LogP contribution in [0.5, 0.6) is 0 Å². The Morgan fingerprint density at radius 1 is 1.26 bits per heavy atom. The third-order valence-corrected chi connectivity index (χ3v) is 6.80. The van der Waals surface area contributed by atoms with Crippen molar-refractivity contribution in [2.24, 2.45) is 22.7 Å². The van der Waals surface area contributed by atoms with Crippen molar-refractivity contribution in [1.82, 2.24) is 4.90 Å². The fourth-order valence-corrected chi connectivity index (χ4v) is 5.68. The lowest BCUT2D eigenvalue weighted by Gasteiger charge is -2.43. The Bertz CT molecular complexity index is 398. The fraction of sp³-hybridized carbons (Fsp3) is 1.00. The number of hydrogen-bond acceptors (Lipinski definition) is 3. The highest BCUT2D eigenvalue weighted by atomic mass is 35.5. The molecule has 2 bridgehead atoms. The lowest BCUT2D eigenvalue weighted by molar-refractivity contribution is -0.114. The lowest BCUT2D eigenvalue weighted by Crippen LogP contribution is -2.45. The Balaban J connectivity index is 0.00000192. The largest absolute Gasteiger partial charge is 0.389 e. The van der Waals surface area contributed by atoms with Gasteiger partial charge in [0.2, 0.25) is 0 Å². The van der Waals surface area contributed by atoms with Crippen molar-refractivity contribution >= 4 is 12.4 Å². The second-order valence-electron chi connectivity index (χ2n) is 9.29. The van der Waals surface area contributed by atoms with Crippen LogP contribution in [0.15, 0.2) is 0 Å². The molecule has 5 unspecified atom stereocenters. The molecule has 0 radical (unpaired) electrons. The number of ether oxygens (including phenoxy) is 1. The van der Waals surface area contributed by atoms with Crippen LogP contribution in [0.1, 0.15) is 59.8 Å². The Labute approximate surface area is 148 Å². The van der Waals surface area contributed by atoms with Gasteiger partial charge in [-0.05, 0) is 61.3 Å². The molecular formula is C19H36ClNO2. The molecule has 2 aliphatic carbocycles. The first-order valence-electron chi connectivity index (χ1n) is 9.33. The van der Waals surface area contributed by atoms with Gasteiger partial charge in [-0.1, -0.05) is 27.7 Å². The molecule has 5 atom stereocenters. The van der Waals surface area contributed by atoms with Gasteiger partial charge in [0.05, 0.1) is 18.8 Å². The van der Waals surface area contributed by atoms with Gasteiger partial charge in [-0.25, -0.2) is 0 Å². The summed E-state index contributed by atoms with van der Waals surface area (Å²) in [6.45, 7) is 13.0. The SMILES string of the molecule is CC1CCCN(CC(O)COC2C3(C)CCC(C3)C2(C)C)C1.Cl. The molecule has 0 spiro atoms.